The van der Waals surface area contributed by atoms with Crippen LogP contribution in [0.5, 0.6) is 0 Å². The molecule has 1 aliphatic heterocycles. The molecule has 41 heavy (non-hydrogen) atoms. The first kappa shape index (κ1) is 27.9. The van der Waals surface area contributed by atoms with Crippen molar-refractivity contribution < 1.29 is 9.32 Å². The van der Waals surface area contributed by atoms with E-state index in [1.807, 2.05) is 30.3 Å². The average molecular weight is 554 g/mol. The highest BCUT2D eigenvalue weighted by atomic mass is 16.5. The summed E-state index contributed by atoms with van der Waals surface area (Å²) in [5, 5.41) is 17.3. The van der Waals surface area contributed by atoms with E-state index >= 15 is 0 Å². The largest absolute Gasteiger partial charge is 0.438 e. The Morgan fingerprint density at radius 1 is 1.22 bits per heavy atom. The lowest BCUT2D eigenvalue weighted by molar-refractivity contribution is 0.1000. The number of benzene rings is 2. The fraction of sp³-hybridized carbons (Fsp3) is 0.355. The molecule has 0 saturated carbocycles. The fourth-order valence-corrected chi connectivity index (χ4v) is 6.39. The zero-order valence-corrected chi connectivity index (χ0v) is 23.2. The van der Waals surface area contributed by atoms with Gasteiger partial charge in [0.15, 0.2) is 5.82 Å². The Hall–Kier alpha value is -4.62. The molecule has 0 bridgehead atoms. The SMILES string of the molecule is C=C(N)c1ccc2c(c1)CCc1cc(C(N)=O)ccc1C2(C[C@@H](C)NCC(=C)N1CCCC1C#N)c1noc(=O)[nH]1. The standard InChI is InChI=1S/C31H35N7O3/c1-18(35-17-19(2)38-12-4-5-25(38)16-32)15-31(29-36-30(40)41-37-29)26-10-8-21(20(3)33)13-22(26)6-7-23-14-24(28(34)39)9-11-27(23)31/h8-11,13-14,18,25,35H,2-7,12,15,17,33H2,1H3,(H2,34,39)(H,36,37,40)/t18-,25?,31?/m1/s1. The van der Waals surface area contributed by atoms with E-state index < -0.39 is 17.1 Å². The van der Waals surface area contributed by atoms with Gasteiger partial charge in [-0.3, -0.25) is 14.3 Å². The number of fused-ring (bicyclic) bond motifs is 2. The topological polar surface area (TPSA) is 167 Å². The molecule has 1 saturated heterocycles. The molecule has 1 aliphatic carbocycles. The third-order valence-corrected chi connectivity index (χ3v) is 8.37. The van der Waals surface area contributed by atoms with Crippen molar-refractivity contribution in [2.24, 2.45) is 11.5 Å². The molecule has 212 valence electrons. The molecular formula is C31H35N7O3. The number of likely N-dealkylation sites (tertiary alicyclic amines) is 1. The second-order valence-corrected chi connectivity index (χ2v) is 11.0. The number of carbonyl (C=O) groups is 1. The van der Waals surface area contributed by atoms with E-state index in [9.17, 15) is 14.9 Å². The maximum absolute atomic E-state index is 12.3. The van der Waals surface area contributed by atoms with E-state index in [0.717, 1.165) is 52.9 Å². The molecule has 2 aliphatic rings. The number of H-pyrrole nitrogens is 1. The molecular weight excluding hydrogens is 518 g/mol. The summed E-state index contributed by atoms with van der Waals surface area (Å²) in [6.45, 7) is 11.5. The Balaban J connectivity index is 1.61. The third-order valence-electron chi connectivity index (χ3n) is 8.37. The molecule has 10 nitrogen and oxygen atoms in total. The van der Waals surface area contributed by atoms with Gasteiger partial charge in [-0.05, 0) is 85.0 Å². The predicted octanol–water partition coefficient (Wildman–Crippen LogP) is 2.69. The van der Waals surface area contributed by atoms with Crippen LogP contribution in [0.2, 0.25) is 0 Å². The number of aromatic amines is 1. The van der Waals surface area contributed by atoms with E-state index in [4.69, 9.17) is 16.0 Å². The highest BCUT2D eigenvalue weighted by Crippen LogP contribution is 2.47. The number of carbonyl (C=O) groups excluding carboxylic acids is 1. The van der Waals surface area contributed by atoms with Crippen LogP contribution in [-0.4, -0.2) is 46.1 Å². The number of rotatable bonds is 9. The molecule has 1 aromatic heterocycles. The van der Waals surface area contributed by atoms with Gasteiger partial charge in [-0.2, -0.15) is 5.26 Å². The first-order valence-electron chi connectivity index (χ1n) is 13.8. The van der Waals surface area contributed by atoms with Gasteiger partial charge in [-0.25, -0.2) is 4.79 Å². The number of hydrogen-bond acceptors (Lipinski definition) is 8. The summed E-state index contributed by atoms with van der Waals surface area (Å²) in [4.78, 5) is 29.4. The van der Waals surface area contributed by atoms with Gasteiger partial charge in [0.1, 0.15) is 6.04 Å². The number of aryl methyl sites for hydroxylation is 2. The molecule has 1 fully saturated rings. The quantitative estimate of drug-likeness (QED) is 0.314. The number of nitrogens with two attached hydrogens (primary N) is 2. The number of nitriles is 1. The second-order valence-electron chi connectivity index (χ2n) is 11.0. The number of hydrogen-bond donors (Lipinski definition) is 4. The fourth-order valence-electron chi connectivity index (χ4n) is 6.39. The molecule has 0 radical (unpaired) electrons. The molecule has 5 rings (SSSR count). The number of aromatic nitrogens is 2. The van der Waals surface area contributed by atoms with Crippen molar-refractivity contribution in [3.05, 3.63) is 105 Å². The van der Waals surface area contributed by atoms with Crippen molar-refractivity contribution in [1.29, 1.82) is 5.26 Å². The van der Waals surface area contributed by atoms with E-state index in [0.29, 0.717) is 42.9 Å². The summed E-state index contributed by atoms with van der Waals surface area (Å²) in [6.07, 6.45) is 3.60. The average Bonchev–Trinajstić information content (AvgIpc) is 3.60. The number of nitrogens with one attached hydrogen (secondary N) is 2. The zero-order chi connectivity index (χ0) is 29.3. The first-order valence-corrected chi connectivity index (χ1v) is 13.8. The lowest BCUT2D eigenvalue weighted by Crippen LogP contribution is -2.42. The van der Waals surface area contributed by atoms with Gasteiger partial charge in [0.25, 0.3) is 0 Å². The van der Waals surface area contributed by atoms with E-state index in [1.165, 1.54) is 0 Å². The monoisotopic (exact) mass is 553 g/mol. The summed E-state index contributed by atoms with van der Waals surface area (Å²) < 4.78 is 5.07. The number of amides is 1. The number of primary amides is 1. The summed E-state index contributed by atoms with van der Waals surface area (Å²) in [5.41, 5.74) is 17.1. The van der Waals surface area contributed by atoms with Gasteiger partial charge in [0.2, 0.25) is 5.91 Å². The van der Waals surface area contributed by atoms with Crippen LogP contribution in [-0.2, 0) is 18.3 Å². The van der Waals surface area contributed by atoms with Crippen molar-refractivity contribution in [3.8, 4) is 6.07 Å². The minimum Gasteiger partial charge on any atom is -0.399 e. The molecule has 3 atom stereocenters. The van der Waals surface area contributed by atoms with Crippen molar-refractivity contribution in [1.82, 2.24) is 20.4 Å². The second kappa shape index (κ2) is 11.1. The van der Waals surface area contributed by atoms with Crippen LogP contribution in [0, 0.1) is 11.3 Å². The zero-order valence-electron chi connectivity index (χ0n) is 23.2. The third kappa shape index (κ3) is 5.16. The van der Waals surface area contributed by atoms with E-state index in [2.05, 4.69) is 46.5 Å². The predicted molar refractivity (Wildman–Crippen MR) is 156 cm³/mol. The Morgan fingerprint density at radius 3 is 2.46 bits per heavy atom. The Bertz CT molecular complexity index is 1550. The van der Waals surface area contributed by atoms with Crippen LogP contribution >= 0.6 is 0 Å². The molecule has 2 unspecified atom stereocenters. The minimum atomic E-state index is -0.936. The molecule has 6 N–H and O–H groups in total. The summed E-state index contributed by atoms with van der Waals surface area (Å²) in [7, 11) is 0. The van der Waals surface area contributed by atoms with Crippen LogP contribution in [0.15, 0.2) is 64.6 Å². The van der Waals surface area contributed by atoms with Crippen molar-refractivity contribution in [2.75, 3.05) is 13.1 Å². The summed E-state index contributed by atoms with van der Waals surface area (Å²) >= 11 is 0. The lowest BCUT2D eigenvalue weighted by atomic mass is 9.67. The van der Waals surface area contributed by atoms with Gasteiger partial charge in [-0.15, -0.1) is 0 Å². The van der Waals surface area contributed by atoms with Crippen molar-refractivity contribution in [2.45, 2.75) is 56.5 Å². The summed E-state index contributed by atoms with van der Waals surface area (Å²) in [6, 6.07) is 13.5. The van der Waals surface area contributed by atoms with Crippen LogP contribution in [0.25, 0.3) is 5.70 Å². The van der Waals surface area contributed by atoms with Crippen LogP contribution in [0.3, 0.4) is 0 Å². The lowest BCUT2D eigenvalue weighted by Gasteiger charge is -2.37. The molecule has 0 spiro atoms. The van der Waals surface area contributed by atoms with Gasteiger partial charge >= 0.3 is 5.76 Å². The van der Waals surface area contributed by atoms with Gasteiger partial charge in [-0.1, -0.05) is 36.5 Å². The van der Waals surface area contributed by atoms with Gasteiger partial charge in [0.05, 0.1) is 11.5 Å². The maximum atomic E-state index is 12.3. The normalized spacial score (nSPS) is 20.4. The van der Waals surface area contributed by atoms with Crippen LogP contribution < -0.4 is 22.5 Å². The van der Waals surface area contributed by atoms with E-state index in [-0.39, 0.29) is 12.1 Å². The van der Waals surface area contributed by atoms with Crippen molar-refractivity contribution >= 4 is 11.6 Å². The smallest absolute Gasteiger partial charge is 0.399 e. The van der Waals surface area contributed by atoms with Crippen molar-refractivity contribution in [3.63, 3.8) is 0 Å². The maximum Gasteiger partial charge on any atom is 0.438 e. The molecule has 1 amide bonds. The van der Waals surface area contributed by atoms with Gasteiger partial charge in [0, 0.05) is 36.1 Å². The first-order chi connectivity index (χ1) is 19.6. The minimum absolute atomic E-state index is 0.103. The molecule has 3 aromatic rings. The van der Waals surface area contributed by atoms with E-state index in [1.54, 1.807) is 6.07 Å². The highest BCUT2D eigenvalue weighted by Gasteiger charge is 2.45. The number of nitrogens with zero attached hydrogens (tertiary/aromatic N) is 3. The molecule has 2 aromatic carbocycles. The summed E-state index contributed by atoms with van der Waals surface area (Å²) in [5.74, 6) is -0.796. The Kier molecular flexibility index (Phi) is 7.56. The molecule has 10 heteroatoms. The highest BCUT2D eigenvalue weighted by molar-refractivity contribution is 5.93. The molecule has 2 heterocycles. The van der Waals surface area contributed by atoms with Gasteiger partial charge < -0.3 is 21.7 Å². The Morgan fingerprint density at radius 2 is 1.88 bits per heavy atom. The Labute approximate surface area is 238 Å². The van der Waals surface area contributed by atoms with Crippen LogP contribution in [0.4, 0.5) is 0 Å². The van der Waals surface area contributed by atoms with Crippen LogP contribution in [0.1, 0.15) is 70.2 Å².